The lowest BCUT2D eigenvalue weighted by Gasteiger charge is -2.30. The number of methoxy groups -OCH3 is 1. The molecule has 0 fully saturated rings. The summed E-state index contributed by atoms with van der Waals surface area (Å²) in [5, 5.41) is 2.11. The predicted octanol–water partition coefficient (Wildman–Crippen LogP) is 2.02. The van der Waals surface area contributed by atoms with E-state index in [1.165, 1.54) is 12.7 Å². The maximum atomic E-state index is 11.5. The number of fused-ring (bicyclic) bond motifs is 3. The van der Waals surface area contributed by atoms with E-state index in [0.29, 0.717) is 5.56 Å². The van der Waals surface area contributed by atoms with Crippen LogP contribution in [-0.4, -0.2) is 24.8 Å². The molecule has 0 bridgehead atoms. The molecule has 3 rings (SSSR count). The van der Waals surface area contributed by atoms with E-state index in [-0.39, 0.29) is 5.97 Å². The standard InChI is InChI=1S/C14H14N2O2/c1-15-9-11-8-10(14(17)18-2)5-6-12(11)13-4-3-7-16(13)15/h3-8H,9H2,1-2H3. The SMILES string of the molecule is COC(=O)c1ccc2c(c1)CN(C)n1cccc1-2. The van der Waals surface area contributed by atoms with Crippen LogP contribution in [0.25, 0.3) is 11.3 Å². The largest absolute Gasteiger partial charge is 0.465 e. The van der Waals surface area contributed by atoms with Gasteiger partial charge in [0.25, 0.3) is 0 Å². The third-order valence-electron chi connectivity index (χ3n) is 3.30. The second kappa shape index (κ2) is 3.91. The molecule has 0 unspecified atom stereocenters. The number of esters is 1. The second-order valence-corrected chi connectivity index (χ2v) is 4.42. The van der Waals surface area contributed by atoms with Crippen molar-refractivity contribution in [3.05, 3.63) is 47.7 Å². The Morgan fingerprint density at radius 3 is 2.94 bits per heavy atom. The highest BCUT2D eigenvalue weighted by atomic mass is 16.5. The summed E-state index contributed by atoms with van der Waals surface area (Å²) in [7, 11) is 3.43. The quantitative estimate of drug-likeness (QED) is 0.717. The first-order valence-corrected chi connectivity index (χ1v) is 5.81. The van der Waals surface area contributed by atoms with Crippen molar-refractivity contribution < 1.29 is 9.53 Å². The molecule has 18 heavy (non-hydrogen) atoms. The van der Waals surface area contributed by atoms with Crippen molar-refractivity contribution in [3.8, 4) is 11.3 Å². The molecule has 92 valence electrons. The van der Waals surface area contributed by atoms with E-state index in [2.05, 4.69) is 15.8 Å². The van der Waals surface area contributed by atoms with Gasteiger partial charge < -0.3 is 9.75 Å². The van der Waals surface area contributed by atoms with Crippen LogP contribution in [0.1, 0.15) is 15.9 Å². The van der Waals surface area contributed by atoms with Crippen LogP contribution in [0.2, 0.25) is 0 Å². The zero-order valence-corrected chi connectivity index (χ0v) is 10.4. The highest BCUT2D eigenvalue weighted by Gasteiger charge is 2.20. The maximum Gasteiger partial charge on any atom is 0.337 e. The fraction of sp³-hybridized carbons (Fsp3) is 0.214. The third kappa shape index (κ3) is 1.49. The molecule has 0 aliphatic carbocycles. The lowest BCUT2D eigenvalue weighted by molar-refractivity contribution is 0.0600. The van der Waals surface area contributed by atoms with Gasteiger partial charge in [0.05, 0.1) is 24.9 Å². The van der Waals surface area contributed by atoms with Crippen molar-refractivity contribution >= 4 is 5.97 Å². The monoisotopic (exact) mass is 242 g/mol. The predicted molar refractivity (Wildman–Crippen MR) is 69.1 cm³/mol. The Morgan fingerprint density at radius 1 is 1.33 bits per heavy atom. The highest BCUT2D eigenvalue weighted by molar-refractivity contribution is 5.90. The van der Waals surface area contributed by atoms with Crippen LogP contribution < -0.4 is 5.01 Å². The van der Waals surface area contributed by atoms with Gasteiger partial charge in [-0.15, -0.1) is 0 Å². The van der Waals surface area contributed by atoms with Crippen LogP contribution in [0.4, 0.5) is 0 Å². The van der Waals surface area contributed by atoms with E-state index in [1.54, 1.807) is 0 Å². The van der Waals surface area contributed by atoms with Crippen molar-refractivity contribution in [1.82, 2.24) is 4.68 Å². The first-order chi connectivity index (χ1) is 8.70. The molecule has 0 spiro atoms. The summed E-state index contributed by atoms with van der Waals surface area (Å²) in [4.78, 5) is 11.5. The van der Waals surface area contributed by atoms with Gasteiger partial charge in [-0.25, -0.2) is 4.79 Å². The molecule has 2 heterocycles. The van der Waals surface area contributed by atoms with Crippen LogP contribution in [0.5, 0.6) is 0 Å². The summed E-state index contributed by atoms with van der Waals surface area (Å²) in [6.45, 7) is 0.780. The molecule has 1 aromatic carbocycles. The van der Waals surface area contributed by atoms with Gasteiger partial charge in [-0.1, -0.05) is 6.07 Å². The summed E-state index contributed by atoms with van der Waals surface area (Å²) in [5.74, 6) is -0.290. The molecule has 4 heteroatoms. The molecular weight excluding hydrogens is 228 g/mol. The second-order valence-electron chi connectivity index (χ2n) is 4.42. The average molecular weight is 242 g/mol. The number of aromatic nitrogens is 1. The summed E-state index contributed by atoms with van der Waals surface area (Å²) in [5.41, 5.74) is 4.07. The average Bonchev–Trinajstić information content (AvgIpc) is 2.87. The maximum absolute atomic E-state index is 11.5. The summed E-state index contributed by atoms with van der Waals surface area (Å²) >= 11 is 0. The van der Waals surface area contributed by atoms with Crippen molar-refractivity contribution in [2.45, 2.75) is 6.54 Å². The molecule has 2 aromatic rings. The van der Waals surface area contributed by atoms with Crippen LogP contribution in [0, 0.1) is 0 Å². The zero-order valence-electron chi connectivity index (χ0n) is 10.4. The number of benzene rings is 1. The van der Waals surface area contributed by atoms with Crippen LogP contribution >= 0.6 is 0 Å². The number of nitrogens with zero attached hydrogens (tertiary/aromatic N) is 2. The lowest BCUT2D eigenvalue weighted by Crippen LogP contribution is -2.32. The van der Waals surface area contributed by atoms with E-state index >= 15 is 0 Å². The Labute approximate surface area is 105 Å². The smallest absolute Gasteiger partial charge is 0.337 e. The van der Waals surface area contributed by atoms with Crippen LogP contribution in [-0.2, 0) is 11.3 Å². The van der Waals surface area contributed by atoms with Crippen molar-refractivity contribution in [2.75, 3.05) is 19.2 Å². The van der Waals surface area contributed by atoms with Gasteiger partial charge in [-0.2, -0.15) is 0 Å². The van der Waals surface area contributed by atoms with Gasteiger partial charge in [-0.05, 0) is 29.8 Å². The highest BCUT2D eigenvalue weighted by Crippen LogP contribution is 2.30. The van der Waals surface area contributed by atoms with Crippen LogP contribution in [0.3, 0.4) is 0 Å². The minimum atomic E-state index is -0.290. The molecule has 1 aliphatic rings. The Balaban J connectivity index is 2.13. The van der Waals surface area contributed by atoms with Gasteiger partial charge in [0.1, 0.15) is 0 Å². The molecule has 4 nitrogen and oxygen atoms in total. The van der Waals surface area contributed by atoms with E-state index in [9.17, 15) is 4.79 Å². The van der Waals surface area contributed by atoms with Crippen molar-refractivity contribution in [1.29, 1.82) is 0 Å². The molecule has 0 N–H and O–H groups in total. The summed E-state index contributed by atoms with van der Waals surface area (Å²) < 4.78 is 6.86. The molecule has 0 radical (unpaired) electrons. The van der Waals surface area contributed by atoms with E-state index in [4.69, 9.17) is 4.74 Å². The number of ether oxygens (including phenoxy) is 1. The topological polar surface area (TPSA) is 34.5 Å². The number of hydrogen-bond acceptors (Lipinski definition) is 3. The van der Waals surface area contributed by atoms with Gasteiger partial charge in [0.15, 0.2) is 0 Å². The fourth-order valence-corrected chi connectivity index (χ4v) is 2.43. The van der Waals surface area contributed by atoms with E-state index in [0.717, 1.165) is 17.8 Å². The minimum absolute atomic E-state index is 0.290. The Morgan fingerprint density at radius 2 is 2.17 bits per heavy atom. The van der Waals surface area contributed by atoms with Crippen molar-refractivity contribution in [3.63, 3.8) is 0 Å². The first-order valence-electron chi connectivity index (χ1n) is 5.81. The van der Waals surface area contributed by atoms with Gasteiger partial charge >= 0.3 is 5.97 Å². The molecule has 0 atom stereocenters. The zero-order chi connectivity index (χ0) is 12.7. The van der Waals surface area contributed by atoms with E-state index < -0.39 is 0 Å². The molecular formula is C14H14N2O2. The minimum Gasteiger partial charge on any atom is -0.465 e. The van der Waals surface area contributed by atoms with Gasteiger partial charge in [0.2, 0.25) is 0 Å². The fourth-order valence-electron chi connectivity index (χ4n) is 2.43. The summed E-state index contributed by atoms with van der Waals surface area (Å²) in [6.07, 6.45) is 2.03. The molecule has 0 amide bonds. The van der Waals surface area contributed by atoms with Gasteiger partial charge in [-0.3, -0.25) is 4.68 Å². The summed E-state index contributed by atoms with van der Waals surface area (Å²) in [6, 6.07) is 9.81. The first kappa shape index (κ1) is 10.9. The Bertz CT molecular complexity index is 616. The molecule has 0 saturated carbocycles. The third-order valence-corrected chi connectivity index (χ3v) is 3.30. The molecule has 1 aromatic heterocycles. The van der Waals surface area contributed by atoms with E-state index in [1.807, 2.05) is 37.5 Å². The Hall–Kier alpha value is -2.23. The number of carbonyl (C=O) groups excluding carboxylic acids is 1. The molecule has 0 saturated heterocycles. The number of hydrogen-bond donors (Lipinski definition) is 0. The van der Waals surface area contributed by atoms with Crippen molar-refractivity contribution in [2.24, 2.45) is 0 Å². The lowest BCUT2D eigenvalue weighted by atomic mass is 10.00. The normalized spacial score (nSPS) is 12.9. The van der Waals surface area contributed by atoms with Crippen LogP contribution in [0.15, 0.2) is 36.5 Å². The number of rotatable bonds is 1. The Kier molecular flexibility index (Phi) is 2.37. The molecule has 1 aliphatic heterocycles. The number of carbonyl (C=O) groups is 1. The van der Waals surface area contributed by atoms with Gasteiger partial charge in [0, 0.05) is 18.8 Å².